The molecule has 0 radical (unpaired) electrons. The lowest BCUT2D eigenvalue weighted by atomic mass is 9.81. The molecule has 1 aliphatic heterocycles. The summed E-state index contributed by atoms with van der Waals surface area (Å²) in [5.41, 5.74) is 1.00. The van der Waals surface area contributed by atoms with E-state index in [0.29, 0.717) is 18.0 Å². The Bertz CT molecular complexity index is 680. The topological polar surface area (TPSA) is 77.9 Å². The van der Waals surface area contributed by atoms with Crippen molar-refractivity contribution in [3.05, 3.63) is 15.6 Å². The molecule has 0 unspecified atom stereocenters. The minimum Gasteiger partial charge on any atom is -0.346 e. The van der Waals surface area contributed by atoms with Gasteiger partial charge in [0.1, 0.15) is 0 Å². The fourth-order valence-electron chi connectivity index (χ4n) is 3.73. The maximum atomic E-state index is 12.7. The third kappa shape index (κ3) is 3.81. The van der Waals surface area contributed by atoms with Crippen molar-refractivity contribution in [2.45, 2.75) is 51.4 Å². The summed E-state index contributed by atoms with van der Waals surface area (Å²) in [7, 11) is 3.86. The lowest BCUT2D eigenvalue weighted by Gasteiger charge is -2.35. The van der Waals surface area contributed by atoms with E-state index < -0.39 is 0 Å². The second kappa shape index (κ2) is 7.84. The Hall–Kier alpha value is -1.80. The van der Waals surface area contributed by atoms with Crippen LogP contribution in [-0.2, 0) is 17.9 Å². The number of carbonyl (C=O) groups excluding carboxylic acids is 2. The van der Waals surface area contributed by atoms with E-state index in [-0.39, 0.29) is 29.8 Å². The number of amides is 2. The molecule has 2 aliphatic rings. The van der Waals surface area contributed by atoms with Crippen LogP contribution in [0.1, 0.15) is 46.6 Å². The molecule has 7 nitrogen and oxygen atoms in total. The van der Waals surface area contributed by atoms with E-state index in [4.69, 9.17) is 0 Å². The van der Waals surface area contributed by atoms with Crippen LogP contribution in [0.25, 0.3) is 0 Å². The highest BCUT2D eigenvalue weighted by Gasteiger charge is 2.36. The zero-order valence-electron chi connectivity index (χ0n) is 15.7. The van der Waals surface area contributed by atoms with Gasteiger partial charge in [0.2, 0.25) is 5.91 Å². The molecule has 3 rings (SSSR count). The summed E-state index contributed by atoms with van der Waals surface area (Å²) >= 11 is 1.46. The van der Waals surface area contributed by atoms with E-state index in [1.54, 1.807) is 4.90 Å². The number of hydrogen-bond donors (Lipinski definition) is 1. The number of aliphatic imine (C=N–C) groups is 1. The highest BCUT2D eigenvalue weighted by Crippen LogP contribution is 2.30. The van der Waals surface area contributed by atoms with Gasteiger partial charge in [0, 0.05) is 37.5 Å². The van der Waals surface area contributed by atoms with Gasteiger partial charge in [-0.1, -0.05) is 0 Å². The summed E-state index contributed by atoms with van der Waals surface area (Å²) < 4.78 is 0. The van der Waals surface area contributed by atoms with Crippen molar-refractivity contribution in [3.63, 3.8) is 0 Å². The van der Waals surface area contributed by atoms with Crippen LogP contribution in [0, 0.1) is 5.92 Å². The lowest BCUT2D eigenvalue weighted by molar-refractivity contribution is -0.135. The van der Waals surface area contributed by atoms with Crippen molar-refractivity contribution < 1.29 is 9.59 Å². The van der Waals surface area contributed by atoms with Gasteiger partial charge >= 0.3 is 0 Å². The Morgan fingerprint density at radius 1 is 1.42 bits per heavy atom. The van der Waals surface area contributed by atoms with Crippen LogP contribution in [0.4, 0.5) is 0 Å². The molecule has 142 valence electrons. The van der Waals surface area contributed by atoms with E-state index in [1.165, 1.54) is 11.3 Å². The molecule has 1 aromatic heterocycles. The standard InChI is InChI=1S/C18H27N5O2S/c1-5-23(4)18(25)11-6-7-12(19-2)13(8-11)20-16(24)17-21-14-9-22(3)10-15(14)26-17/h11-13H,2,5-10H2,1,3-4H3,(H,20,24)/t11-,12-,13+/m0/s1. The summed E-state index contributed by atoms with van der Waals surface area (Å²) in [5.74, 6) is -0.0913. The molecule has 1 N–H and O–H groups in total. The van der Waals surface area contributed by atoms with Gasteiger partial charge < -0.3 is 10.2 Å². The summed E-state index contributed by atoms with van der Waals surface area (Å²) in [6.07, 6.45) is 2.16. The quantitative estimate of drug-likeness (QED) is 0.790. The van der Waals surface area contributed by atoms with Gasteiger partial charge in [-0.2, -0.15) is 0 Å². The monoisotopic (exact) mass is 377 g/mol. The normalized spacial score (nSPS) is 25.6. The van der Waals surface area contributed by atoms with Gasteiger partial charge in [-0.3, -0.25) is 19.5 Å². The second-order valence-corrected chi connectivity index (χ2v) is 8.34. The molecule has 0 bridgehead atoms. The average molecular weight is 378 g/mol. The average Bonchev–Trinajstić information content (AvgIpc) is 3.17. The number of hydrogen-bond acceptors (Lipinski definition) is 6. The lowest BCUT2D eigenvalue weighted by Crippen LogP contribution is -2.49. The van der Waals surface area contributed by atoms with Crippen LogP contribution >= 0.6 is 11.3 Å². The first-order valence-electron chi connectivity index (χ1n) is 9.11. The number of fused-ring (bicyclic) bond motifs is 1. The number of nitrogens with zero attached hydrogens (tertiary/aromatic N) is 4. The number of thiazole rings is 1. The predicted octanol–water partition coefficient (Wildman–Crippen LogP) is 1.53. The van der Waals surface area contributed by atoms with Crippen LogP contribution in [0.5, 0.6) is 0 Å². The smallest absolute Gasteiger partial charge is 0.280 e. The third-order valence-electron chi connectivity index (χ3n) is 5.37. The number of carbonyl (C=O) groups is 2. The number of aromatic nitrogens is 1. The molecule has 26 heavy (non-hydrogen) atoms. The predicted molar refractivity (Wildman–Crippen MR) is 103 cm³/mol. The molecule has 8 heteroatoms. The molecule has 3 atom stereocenters. The Morgan fingerprint density at radius 3 is 2.85 bits per heavy atom. The Balaban J connectivity index is 1.67. The van der Waals surface area contributed by atoms with E-state index in [9.17, 15) is 9.59 Å². The van der Waals surface area contributed by atoms with E-state index >= 15 is 0 Å². The summed E-state index contributed by atoms with van der Waals surface area (Å²) in [5, 5.41) is 3.57. The number of nitrogens with one attached hydrogen (secondary N) is 1. The first-order valence-corrected chi connectivity index (χ1v) is 9.93. The first kappa shape index (κ1) is 19.0. The molecule has 2 amide bonds. The van der Waals surface area contributed by atoms with Crippen molar-refractivity contribution in [1.82, 2.24) is 20.1 Å². The van der Waals surface area contributed by atoms with Crippen LogP contribution in [0.3, 0.4) is 0 Å². The molecule has 0 aromatic carbocycles. The van der Waals surface area contributed by atoms with Gasteiger partial charge in [0.15, 0.2) is 5.01 Å². The summed E-state index contributed by atoms with van der Waals surface area (Å²) in [6.45, 7) is 7.96. The molecular weight excluding hydrogens is 350 g/mol. The molecule has 1 aliphatic carbocycles. The number of rotatable bonds is 5. The maximum Gasteiger partial charge on any atom is 0.280 e. The molecule has 1 fully saturated rings. The van der Waals surface area contributed by atoms with Crippen molar-refractivity contribution >= 4 is 29.9 Å². The summed E-state index contributed by atoms with van der Waals surface area (Å²) in [6, 6.07) is -0.220. The maximum absolute atomic E-state index is 12.7. The van der Waals surface area contributed by atoms with E-state index in [1.807, 2.05) is 21.0 Å². The zero-order chi connectivity index (χ0) is 18.8. The van der Waals surface area contributed by atoms with Crippen LogP contribution in [0.15, 0.2) is 4.99 Å². The van der Waals surface area contributed by atoms with Crippen molar-refractivity contribution in [2.24, 2.45) is 10.9 Å². The molecule has 1 aromatic rings. The van der Waals surface area contributed by atoms with Gasteiger partial charge in [0.25, 0.3) is 5.91 Å². The highest BCUT2D eigenvalue weighted by atomic mass is 32.1. The SMILES string of the molecule is C=N[C@H]1CC[C@H](C(=O)N(C)CC)C[C@H]1NC(=O)c1nc2c(s1)CN(C)C2. The van der Waals surface area contributed by atoms with Crippen molar-refractivity contribution in [2.75, 3.05) is 20.6 Å². The minimum atomic E-state index is -0.172. The van der Waals surface area contributed by atoms with Crippen molar-refractivity contribution in [3.8, 4) is 0 Å². The Morgan fingerprint density at radius 2 is 2.19 bits per heavy atom. The Kier molecular flexibility index (Phi) is 5.72. The zero-order valence-corrected chi connectivity index (χ0v) is 16.5. The second-order valence-electron chi connectivity index (χ2n) is 7.25. The molecule has 0 spiro atoms. The fraction of sp³-hybridized carbons (Fsp3) is 0.667. The fourth-order valence-corrected chi connectivity index (χ4v) is 4.79. The van der Waals surface area contributed by atoms with E-state index in [0.717, 1.165) is 36.5 Å². The van der Waals surface area contributed by atoms with Crippen molar-refractivity contribution in [1.29, 1.82) is 0 Å². The molecular formula is C18H27N5O2S. The minimum absolute atomic E-state index is 0.0483. The van der Waals surface area contributed by atoms with Gasteiger partial charge in [-0.05, 0) is 40.0 Å². The Labute approximate surface area is 158 Å². The summed E-state index contributed by atoms with van der Waals surface area (Å²) in [4.78, 5) is 39.0. The van der Waals surface area contributed by atoms with Crippen LogP contribution in [-0.4, -0.2) is 66.0 Å². The molecule has 1 saturated carbocycles. The molecule has 2 heterocycles. The highest BCUT2D eigenvalue weighted by molar-refractivity contribution is 7.13. The van der Waals surface area contributed by atoms with Gasteiger partial charge in [-0.15, -0.1) is 11.3 Å². The van der Waals surface area contributed by atoms with Crippen LogP contribution < -0.4 is 5.32 Å². The third-order valence-corrected chi connectivity index (χ3v) is 6.45. The van der Waals surface area contributed by atoms with Gasteiger partial charge in [-0.25, -0.2) is 4.98 Å². The van der Waals surface area contributed by atoms with E-state index in [2.05, 4.69) is 26.9 Å². The molecule has 0 saturated heterocycles. The first-order chi connectivity index (χ1) is 12.4. The van der Waals surface area contributed by atoms with Gasteiger partial charge in [0.05, 0.1) is 17.8 Å². The largest absolute Gasteiger partial charge is 0.346 e. The van der Waals surface area contributed by atoms with Crippen LogP contribution in [0.2, 0.25) is 0 Å².